The van der Waals surface area contributed by atoms with E-state index in [1.807, 2.05) is 0 Å². The molecule has 0 radical (unpaired) electrons. The molecular formula is C15H17NO. The fraction of sp³-hybridized carbons (Fsp3) is 0.333. The number of fused-ring (bicyclic) bond motifs is 3. The summed E-state index contributed by atoms with van der Waals surface area (Å²) >= 11 is 0. The van der Waals surface area contributed by atoms with Gasteiger partial charge in [0.2, 0.25) is 0 Å². The van der Waals surface area contributed by atoms with Gasteiger partial charge in [-0.05, 0) is 11.8 Å². The van der Waals surface area contributed by atoms with Crippen LogP contribution >= 0.6 is 0 Å². The molecular weight excluding hydrogens is 210 g/mol. The fourth-order valence-corrected chi connectivity index (χ4v) is 2.49. The molecule has 2 nitrogen and oxygen atoms in total. The van der Waals surface area contributed by atoms with Crippen LogP contribution in [0.5, 0.6) is 5.75 Å². The Balaban J connectivity index is 2.02. The molecule has 0 amide bonds. The van der Waals surface area contributed by atoms with E-state index < -0.39 is 0 Å². The number of nitrogens with zero attached hydrogens (tertiary/aromatic N) is 1. The zero-order valence-corrected chi connectivity index (χ0v) is 10.1. The van der Waals surface area contributed by atoms with Gasteiger partial charge in [0.05, 0.1) is 0 Å². The summed E-state index contributed by atoms with van der Waals surface area (Å²) in [4.78, 5) is 2.34. The lowest BCUT2D eigenvalue weighted by atomic mass is 10.0. The first-order valence-electron chi connectivity index (χ1n) is 6.24. The SMILES string of the molecule is CCCN1COc2c(ccc3ccccc23)C1. The van der Waals surface area contributed by atoms with Gasteiger partial charge in [0.15, 0.2) is 0 Å². The third-order valence-electron chi connectivity index (χ3n) is 3.29. The van der Waals surface area contributed by atoms with Crippen LogP contribution in [0.4, 0.5) is 0 Å². The lowest BCUT2D eigenvalue weighted by Crippen LogP contribution is -2.32. The average molecular weight is 227 g/mol. The minimum absolute atomic E-state index is 0.717. The van der Waals surface area contributed by atoms with E-state index in [0.717, 1.165) is 25.6 Å². The van der Waals surface area contributed by atoms with Gasteiger partial charge in [-0.1, -0.05) is 43.3 Å². The zero-order valence-electron chi connectivity index (χ0n) is 10.1. The molecule has 88 valence electrons. The van der Waals surface area contributed by atoms with Crippen molar-refractivity contribution in [1.29, 1.82) is 0 Å². The fourth-order valence-electron chi connectivity index (χ4n) is 2.49. The van der Waals surface area contributed by atoms with Crippen LogP contribution in [-0.4, -0.2) is 18.2 Å². The average Bonchev–Trinajstić information content (AvgIpc) is 2.39. The van der Waals surface area contributed by atoms with Crippen molar-refractivity contribution < 1.29 is 4.74 Å². The highest BCUT2D eigenvalue weighted by atomic mass is 16.5. The van der Waals surface area contributed by atoms with Crippen molar-refractivity contribution in [1.82, 2.24) is 4.90 Å². The maximum Gasteiger partial charge on any atom is 0.142 e. The summed E-state index contributed by atoms with van der Waals surface area (Å²) in [6, 6.07) is 12.8. The second-order valence-electron chi connectivity index (χ2n) is 4.60. The summed E-state index contributed by atoms with van der Waals surface area (Å²) in [5.74, 6) is 1.08. The minimum Gasteiger partial charge on any atom is -0.477 e. The Labute approximate surface area is 102 Å². The summed E-state index contributed by atoms with van der Waals surface area (Å²) in [6.45, 7) is 5.03. The van der Waals surface area contributed by atoms with Crippen LogP contribution in [0.2, 0.25) is 0 Å². The van der Waals surface area contributed by atoms with Gasteiger partial charge in [0.25, 0.3) is 0 Å². The van der Waals surface area contributed by atoms with Gasteiger partial charge in [-0.3, -0.25) is 4.90 Å². The van der Waals surface area contributed by atoms with Gasteiger partial charge < -0.3 is 4.74 Å². The first-order chi connectivity index (χ1) is 8.38. The number of ether oxygens (including phenoxy) is 1. The summed E-state index contributed by atoms with van der Waals surface area (Å²) in [7, 11) is 0. The third kappa shape index (κ3) is 1.89. The summed E-state index contributed by atoms with van der Waals surface area (Å²) < 4.78 is 5.93. The minimum atomic E-state index is 0.717. The molecule has 0 aliphatic carbocycles. The molecule has 2 aromatic carbocycles. The predicted octanol–water partition coefficient (Wildman–Crippen LogP) is 3.40. The van der Waals surface area contributed by atoms with Gasteiger partial charge in [-0.2, -0.15) is 0 Å². The Bertz CT molecular complexity index is 535. The van der Waals surface area contributed by atoms with Crippen molar-refractivity contribution in [2.24, 2.45) is 0 Å². The number of benzene rings is 2. The zero-order chi connectivity index (χ0) is 11.7. The van der Waals surface area contributed by atoms with Crippen LogP contribution in [0.25, 0.3) is 10.8 Å². The van der Waals surface area contributed by atoms with Crippen LogP contribution in [0.3, 0.4) is 0 Å². The molecule has 0 fully saturated rings. The van der Waals surface area contributed by atoms with E-state index in [1.54, 1.807) is 0 Å². The smallest absolute Gasteiger partial charge is 0.142 e. The molecule has 0 spiro atoms. The largest absolute Gasteiger partial charge is 0.477 e. The molecule has 0 saturated heterocycles. The van der Waals surface area contributed by atoms with Gasteiger partial charge in [-0.25, -0.2) is 0 Å². The van der Waals surface area contributed by atoms with Gasteiger partial charge in [0.1, 0.15) is 12.5 Å². The molecule has 0 aromatic heterocycles. The molecule has 17 heavy (non-hydrogen) atoms. The Kier molecular flexibility index (Phi) is 2.73. The van der Waals surface area contributed by atoms with Crippen LogP contribution in [0.1, 0.15) is 18.9 Å². The second kappa shape index (κ2) is 4.38. The summed E-state index contributed by atoms with van der Waals surface area (Å²) in [5, 5.41) is 2.50. The number of hydrogen-bond acceptors (Lipinski definition) is 2. The molecule has 0 unspecified atom stereocenters. The standard InChI is InChI=1S/C15H17NO/c1-2-9-16-10-13-8-7-12-5-3-4-6-14(12)15(13)17-11-16/h3-8H,2,9-11H2,1H3. The molecule has 1 aliphatic rings. The van der Waals surface area contributed by atoms with Crippen LogP contribution < -0.4 is 4.74 Å². The molecule has 0 atom stereocenters. The summed E-state index contributed by atoms with van der Waals surface area (Å²) in [5.41, 5.74) is 1.31. The van der Waals surface area contributed by atoms with Crippen molar-refractivity contribution in [2.45, 2.75) is 19.9 Å². The van der Waals surface area contributed by atoms with E-state index in [4.69, 9.17) is 4.74 Å². The number of hydrogen-bond donors (Lipinski definition) is 0. The molecule has 0 N–H and O–H groups in total. The molecule has 0 saturated carbocycles. The van der Waals surface area contributed by atoms with E-state index in [1.165, 1.54) is 22.8 Å². The first-order valence-corrected chi connectivity index (χ1v) is 6.24. The topological polar surface area (TPSA) is 12.5 Å². The molecule has 3 rings (SSSR count). The van der Waals surface area contributed by atoms with Crippen molar-refractivity contribution in [3.8, 4) is 5.75 Å². The monoisotopic (exact) mass is 227 g/mol. The van der Waals surface area contributed by atoms with Crippen molar-refractivity contribution >= 4 is 10.8 Å². The summed E-state index contributed by atoms with van der Waals surface area (Å²) in [6.07, 6.45) is 1.17. The maximum atomic E-state index is 5.93. The van der Waals surface area contributed by atoms with E-state index >= 15 is 0 Å². The molecule has 1 heterocycles. The lowest BCUT2D eigenvalue weighted by molar-refractivity contribution is 0.0972. The molecule has 2 aromatic rings. The van der Waals surface area contributed by atoms with Crippen LogP contribution in [0.15, 0.2) is 36.4 Å². The van der Waals surface area contributed by atoms with Crippen LogP contribution in [0, 0.1) is 0 Å². The molecule has 0 bridgehead atoms. The Hall–Kier alpha value is -1.54. The van der Waals surface area contributed by atoms with Gasteiger partial charge in [-0.15, -0.1) is 0 Å². The van der Waals surface area contributed by atoms with Crippen molar-refractivity contribution in [3.05, 3.63) is 42.0 Å². The van der Waals surface area contributed by atoms with Gasteiger partial charge in [0, 0.05) is 24.0 Å². The Morgan fingerprint density at radius 1 is 1.18 bits per heavy atom. The van der Waals surface area contributed by atoms with E-state index in [0.29, 0.717) is 0 Å². The number of rotatable bonds is 2. The maximum absolute atomic E-state index is 5.93. The second-order valence-corrected chi connectivity index (χ2v) is 4.60. The van der Waals surface area contributed by atoms with E-state index in [-0.39, 0.29) is 0 Å². The molecule has 1 aliphatic heterocycles. The van der Waals surface area contributed by atoms with Gasteiger partial charge >= 0.3 is 0 Å². The van der Waals surface area contributed by atoms with Crippen LogP contribution in [-0.2, 0) is 6.54 Å². The normalized spacial score (nSPS) is 15.6. The highest BCUT2D eigenvalue weighted by Crippen LogP contribution is 2.33. The van der Waals surface area contributed by atoms with E-state index in [9.17, 15) is 0 Å². The Morgan fingerprint density at radius 2 is 2.06 bits per heavy atom. The Morgan fingerprint density at radius 3 is 2.94 bits per heavy atom. The van der Waals surface area contributed by atoms with Crippen molar-refractivity contribution in [3.63, 3.8) is 0 Å². The predicted molar refractivity (Wildman–Crippen MR) is 70.1 cm³/mol. The highest BCUT2D eigenvalue weighted by Gasteiger charge is 2.18. The first kappa shape index (κ1) is 10.6. The molecule has 2 heteroatoms. The van der Waals surface area contributed by atoms with E-state index in [2.05, 4.69) is 48.2 Å². The third-order valence-corrected chi connectivity index (χ3v) is 3.29. The highest BCUT2D eigenvalue weighted by molar-refractivity contribution is 5.89. The quantitative estimate of drug-likeness (QED) is 0.779. The lowest BCUT2D eigenvalue weighted by Gasteiger charge is -2.29. The van der Waals surface area contributed by atoms with Crippen molar-refractivity contribution in [2.75, 3.05) is 13.3 Å².